The van der Waals surface area contributed by atoms with Gasteiger partial charge in [-0.1, -0.05) is 12.1 Å². The van der Waals surface area contributed by atoms with Gasteiger partial charge in [0, 0.05) is 44.8 Å². The number of carbonyl (C=O) groups excluding carboxylic acids is 1. The summed E-state index contributed by atoms with van der Waals surface area (Å²) in [5.74, 6) is 3.11. The second-order valence-corrected chi connectivity index (χ2v) is 11.6. The van der Waals surface area contributed by atoms with Crippen molar-refractivity contribution >= 4 is 18.3 Å². The Morgan fingerprint density at radius 2 is 1.80 bits per heavy atom. The van der Waals surface area contributed by atoms with Crippen LogP contribution in [0.2, 0.25) is 0 Å². The van der Waals surface area contributed by atoms with E-state index in [1.54, 1.807) is 0 Å². The van der Waals surface area contributed by atoms with E-state index < -0.39 is 0 Å². The van der Waals surface area contributed by atoms with Gasteiger partial charge >= 0.3 is 0 Å². The smallest absolute Gasteiger partial charge is 0.223 e. The molecule has 1 aromatic carbocycles. The quantitative estimate of drug-likeness (QED) is 0.615. The number of hydrogen-bond donors (Lipinski definition) is 1. The van der Waals surface area contributed by atoms with Gasteiger partial charge in [-0.05, 0) is 85.8 Å². The molecule has 6 nitrogen and oxygen atoms in total. The van der Waals surface area contributed by atoms with Gasteiger partial charge in [-0.25, -0.2) is 4.98 Å². The average molecular weight is 494 g/mol. The van der Waals surface area contributed by atoms with Crippen molar-refractivity contribution < 1.29 is 4.79 Å². The summed E-state index contributed by atoms with van der Waals surface area (Å²) in [5.41, 5.74) is 3.30. The van der Waals surface area contributed by atoms with E-state index >= 15 is 0 Å². The van der Waals surface area contributed by atoms with Gasteiger partial charge in [-0.15, -0.1) is 12.4 Å². The van der Waals surface area contributed by atoms with Gasteiger partial charge < -0.3 is 14.8 Å². The van der Waals surface area contributed by atoms with Crippen LogP contribution in [0.3, 0.4) is 0 Å². The number of nitriles is 1. The summed E-state index contributed by atoms with van der Waals surface area (Å²) in [5, 5.41) is 12.7. The van der Waals surface area contributed by atoms with E-state index in [1.165, 1.54) is 38.5 Å². The van der Waals surface area contributed by atoms with Crippen molar-refractivity contribution in [1.82, 2.24) is 19.8 Å². The van der Waals surface area contributed by atoms with E-state index in [0.717, 1.165) is 68.0 Å². The van der Waals surface area contributed by atoms with Crippen molar-refractivity contribution in [2.24, 2.45) is 23.2 Å². The number of aromatic nitrogens is 2. The summed E-state index contributed by atoms with van der Waals surface area (Å²) in [6.07, 6.45) is 13.8. The molecule has 35 heavy (non-hydrogen) atoms. The second kappa shape index (κ2) is 9.95. The maximum atomic E-state index is 13.3. The van der Waals surface area contributed by atoms with Crippen LogP contribution in [0.1, 0.15) is 68.2 Å². The number of hydrogen-bond acceptors (Lipinski definition) is 4. The van der Waals surface area contributed by atoms with Gasteiger partial charge in [-0.3, -0.25) is 4.79 Å². The lowest BCUT2D eigenvalue weighted by molar-refractivity contribution is -0.138. The molecule has 1 aliphatic heterocycles. The number of amides is 1. The molecule has 186 valence electrons. The number of benzene rings is 1. The van der Waals surface area contributed by atoms with Crippen LogP contribution in [-0.4, -0.2) is 39.5 Å². The van der Waals surface area contributed by atoms with Crippen molar-refractivity contribution in [3.63, 3.8) is 0 Å². The molecule has 1 saturated heterocycles. The molecule has 1 N–H and O–H groups in total. The van der Waals surface area contributed by atoms with Crippen molar-refractivity contribution in [3.8, 4) is 6.07 Å². The van der Waals surface area contributed by atoms with Gasteiger partial charge in [0.25, 0.3) is 0 Å². The Morgan fingerprint density at radius 1 is 1.11 bits per heavy atom. The fourth-order valence-electron chi connectivity index (χ4n) is 7.86. The summed E-state index contributed by atoms with van der Waals surface area (Å²) in [6.45, 7) is 3.20. The third kappa shape index (κ3) is 5.13. The first-order valence-electron chi connectivity index (χ1n) is 13.1. The van der Waals surface area contributed by atoms with Crippen molar-refractivity contribution in [2.75, 3.05) is 13.1 Å². The fourth-order valence-corrected chi connectivity index (χ4v) is 7.86. The molecular formula is C28H36ClN5O. The molecule has 0 spiro atoms. The van der Waals surface area contributed by atoms with Gasteiger partial charge in [0.2, 0.25) is 5.91 Å². The summed E-state index contributed by atoms with van der Waals surface area (Å²) in [7, 11) is 0. The Hall–Kier alpha value is -2.36. The average Bonchev–Trinajstić information content (AvgIpc) is 3.46. The Kier molecular flexibility index (Phi) is 6.92. The largest absolute Gasteiger partial charge is 0.341 e. The predicted octanol–water partition coefficient (Wildman–Crippen LogP) is 4.52. The fraction of sp³-hybridized carbons (Fsp3) is 0.607. The number of halogens is 1. The first-order valence-corrected chi connectivity index (χ1v) is 13.1. The minimum atomic E-state index is 0. The van der Waals surface area contributed by atoms with Crippen LogP contribution in [0.4, 0.5) is 0 Å². The lowest BCUT2D eigenvalue weighted by Gasteiger charge is -2.56. The van der Waals surface area contributed by atoms with Crippen LogP contribution in [0.5, 0.6) is 0 Å². The van der Waals surface area contributed by atoms with Crippen molar-refractivity contribution in [1.29, 1.82) is 5.26 Å². The van der Waals surface area contributed by atoms with Crippen LogP contribution < -0.4 is 5.32 Å². The highest BCUT2D eigenvalue weighted by atomic mass is 35.5. The molecule has 1 amide bonds. The molecule has 0 unspecified atom stereocenters. The number of rotatable bonds is 7. The molecule has 1 atom stereocenters. The zero-order chi connectivity index (χ0) is 23.1. The van der Waals surface area contributed by atoms with E-state index in [9.17, 15) is 4.79 Å². The van der Waals surface area contributed by atoms with E-state index in [2.05, 4.69) is 25.8 Å². The molecule has 4 saturated carbocycles. The highest BCUT2D eigenvalue weighted by Gasteiger charge is 2.51. The third-order valence-electron chi connectivity index (χ3n) is 9.04. The number of nitrogens with one attached hydrogen (secondary N) is 1. The van der Waals surface area contributed by atoms with Crippen LogP contribution in [0.15, 0.2) is 36.8 Å². The van der Waals surface area contributed by atoms with Gasteiger partial charge in [0.05, 0.1) is 23.7 Å². The van der Waals surface area contributed by atoms with Crippen LogP contribution in [-0.2, 0) is 17.9 Å². The second-order valence-electron chi connectivity index (χ2n) is 11.6. The monoisotopic (exact) mass is 493 g/mol. The molecule has 7 heteroatoms. The van der Waals surface area contributed by atoms with E-state index in [4.69, 9.17) is 5.26 Å². The zero-order valence-electron chi connectivity index (χ0n) is 20.4. The summed E-state index contributed by atoms with van der Waals surface area (Å²) in [6, 6.07) is 10.2. The summed E-state index contributed by atoms with van der Waals surface area (Å²) in [4.78, 5) is 19.8. The van der Waals surface area contributed by atoms with Crippen molar-refractivity contribution in [2.45, 2.75) is 70.5 Å². The number of carbonyl (C=O) groups is 1. The van der Waals surface area contributed by atoms with E-state index in [1.807, 2.05) is 36.8 Å². The summed E-state index contributed by atoms with van der Waals surface area (Å²) < 4.78 is 2.15. The highest BCUT2D eigenvalue weighted by molar-refractivity contribution is 5.85. The first kappa shape index (κ1) is 24.3. The number of imidazole rings is 1. The minimum Gasteiger partial charge on any atom is -0.341 e. The Bertz CT molecular complexity index is 1050. The molecule has 4 aliphatic carbocycles. The Labute approximate surface area is 214 Å². The maximum Gasteiger partial charge on any atom is 0.223 e. The van der Waals surface area contributed by atoms with Crippen molar-refractivity contribution in [3.05, 3.63) is 53.6 Å². The molecule has 2 heterocycles. The normalized spacial score (nSPS) is 30.8. The minimum absolute atomic E-state index is 0. The molecular weight excluding hydrogens is 458 g/mol. The topological polar surface area (TPSA) is 74.0 Å². The van der Waals surface area contributed by atoms with Gasteiger partial charge in [0.15, 0.2) is 0 Å². The zero-order valence-corrected chi connectivity index (χ0v) is 21.2. The predicted molar refractivity (Wildman–Crippen MR) is 137 cm³/mol. The van der Waals surface area contributed by atoms with Crippen LogP contribution in [0, 0.1) is 34.5 Å². The Balaban J connectivity index is 0.00000253. The molecule has 7 rings (SSSR count). The third-order valence-corrected chi connectivity index (χ3v) is 9.04. The van der Waals surface area contributed by atoms with Gasteiger partial charge in [-0.2, -0.15) is 5.26 Å². The first-order chi connectivity index (χ1) is 16.6. The molecule has 2 aromatic rings. The van der Waals surface area contributed by atoms with E-state index in [-0.39, 0.29) is 12.4 Å². The van der Waals surface area contributed by atoms with Gasteiger partial charge in [0.1, 0.15) is 0 Å². The highest BCUT2D eigenvalue weighted by Crippen LogP contribution is 2.61. The lowest BCUT2D eigenvalue weighted by atomic mass is 9.49. The molecule has 1 aromatic heterocycles. The van der Waals surface area contributed by atoms with Crippen LogP contribution in [0.25, 0.3) is 0 Å². The molecule has 5 aliphatic rings. The Morgan fingerprint density at radius 3 is 2.46 bits per heavy atom. The molecule has 5 fully saturated rings. The standard InChI is InChI=1S/C28H35N5O.ClH/c29-14-20-1-3-21(4-2-20)17-33-19-30-15-26(33)16-31-25-5-6-32(18-25)27(34)13-28-10-22-7-23(11-28)9-24(8-22)12-28;/h1-4,15,19,22-25,31H,5-13,16-18H2;1H/t22?,23?,24?,25-,28?;/m0./s1. The summed E-state index contributed by atoms with van der Waals surface area (Å²) >= 11 is 0. The lowest BCUT2D eigenvalue weighted by Crippen LogP contribution is -2.48. The molecule has 0 radical (unpaired) electrons. The number of nitrogens with zero attached hydrogens (tertiary/aromatic N) is 4. The SMILES string of the molecule is Cl.N#Cc1ccc(Cn2cncc2CN[C@H]2CCN(C(=O)CC34CC5CC(CC(C5)C3)C4)C2)cc1. The van der Waals surface area contributed by atoms with Crippen LogP contribution >= 0.6 is 12.4 Å². The number of likely N-dealkylation sites (tertiary alicyclic amines) is 1. The van der Waals surface area contributed by atoms with E-state index in [0.29, 0.717) is 22.9 Å². The maximum absolute atomic E-state index is 13.3. The molecule has 4 bridgehead atoms.